The van der Waals surface area contributed by atoms with E-state index in [4.69, 9.17) is 27.9 Å². The number of aromatic nitrogens is 3. The number of carbonyl (C=O) groups excluding carboxylic acids is 1. The standard InChI is InChI=1S/C14H8Cl2N4O2S/c15-8-1-3-9(4-2-8)22-11-7-10(18-13(16)19-11)12(21)20-14-17-5-6-23-14/h1-7H,(H,17,20,21). The molecule has 0 fully saturated rings. The van der Waals surface area contributed by atoms with Gasteiger partial charge < -0.3 is 4.74 Å². The number of hydrogen-bond donors (Lipinski definition) is 1. The van der Waals surface area contributed by atoms with Crippen LogP contribution in [-0.2, 0) is 0 Å². The first kappa shape index (κ1) is 15.7. The van der Waals surface area contributed by atoms with Crippen molar-refractivity contribution in [3.8, 4) is 11.6 Å². The summed E-state index contributed by atoms with van der Waals surface area (Å²) in [6, 6.07) is 8.09. The molecule has 0 bridgehead atoms. The molecular formula is C14H8Cl2N4O2S. The lowest BCUT2D eigenvalue weighted by Crippen LogP contribution is -2.14. The van der Waals surface area contributed by atoms with Crippen LogP contribution in [0, 0.1) is 0 Å². The molecule has 0 saturated carbocycles. The minimum atomic E-state index is -0.454. The van der Waals surface area contributed by atoms with Crippen LogP contribution < -0.4 is 10.1 Å². The first-order valence-electron chi connectivity index (χ1n) is 6.29. The van der Waals surface area contributed by atoms with Crippen molar-refractivity contribution in [2.75, 3.05) is 5.32 Å². The molecule has 0 saturated heterocycles. The molecule has 23 heavy (non-hydrogen) atoms. The zero-order valence-corrected chi connectivity index (χ0v) is 13.7. The van der Waals surface area contributed by atoms with E-state index in [-0.39, 0.29) is 16.9 Å². The largest absolute Gasteiger partial charge is 0.439 e. The fourth-order valence-electron chi connectivity index (χ4n) is 1.64. The Morgan fingerprint density at radius 2 is 1.96 bits per heavy atom. The number of halogens is 2. The second-order valence-electron chi connectivity index (χ2n) is 4.21. The van der Waals surface area contributed by atoms with E-state index < -0.39 is 5.91 Å². The molecule has 0 unspecified atom stereocenters. The van der Waals surface area contributed by atoms with E-state index in [0.717, 1.165) is 0 Å². The van der Waals surface area contributed by atoms with Gasteiger partial charge in [-0.15, -0.1) is 11.3 Å². The molecule has 1 aromatic carbocycles. The Hall–Kier alpha value is -2.22. The van der Waals surface area contributed by atoms with E-state index in [1.54, 1.807) is 35.8 Å². The molecule has 0 atom stereocenters. The Bertz CT molecular complexity index is 825. The molecule has 0 spiro atoms. The summed E-state index contributed by atoms with van der Waals surface area (Å²) >= 11 is 13.0. The van der Waals surface area contributed by atoms with Crippen molar-refractivity contribution in [2.45, 2.75) is 0 Å². The van der Waals surface area contributed by atoms with Gasteiger partial charge in [0.25, 0.3) is 5.91 Å². The zero-order chi connectivity index (χ0) is 16.2. The average Bonchev–Trinajstić information content (AvgIpc) is 3.02. The Labute approximate surface area is 145 Å². The van der Waals surface area contributed by atoms with Crippen molar-refractivity contribution in [2.24, 2.45) is 0 Å². The molecule has 116 valence electrons. The number of thiazole rings is 1. The van der Waals surface area contributed by atoms with Crippen LogP contribution in [0.2, 0.25) is 10.3 Å². The van der Waals surface area contributed by atoms with Crippen LogP contribution in [0.25, 0.3) is 0 Å². The lowest BCUT2D eigenvalue weighted by atomic mass is 10.3. The summed E-state index contributed by atoms with van der Waals surface area (Å²) in [5.74, 6) is 0.206. The molecule has 0 radical (unpaired) electrons. The number of nitrogens with zero attached hydrogens (tertiary/aromatic N) is 3. The lowest BCUT2D eigenvalue weighted by molar-refractivity contribution is 0.102. The third kappa shape index (κ3) is 4.16. The number of nitrogens with one attached hydrogen (secondary N) is 1. The normalized spacial score (nSPS) is 10.3. The van der Waals surface area contributed by atoms with Gasteiger partial charge in [0.05, 0.1) is 0 Å². The SMILES string of the molecule is O=C(Nc1nccs1)c1cc(Oc2ccc(Cl)cc2)nc(Cl)n1. The molecule has 0 aliphatic carbocycles. The fourth-order valence-corrected chi connectivity index (χ4v) is 2.46. The van der Waals surface area contributed by atoms with E-state index >= 15 is 0 Å². The number of benzene rings is 1. The number of hydrogen-bond acceptors (Lipinski definition) is 6. The maximum absolute atomic E-state index is 12.1. The highest BCUT2D eigenvalue weighted by molar-refractivity contribution is 7.13. The van der Waals surface area contributed by atoms with Crippen molar-refractivity contribution < 1.29 is 9.53 Å². The first-order valence-corrected chi connectivity index (χ1v) is 7.92. The average molecular weight is 367 g/mol. The van der Waals surface area contributed by atoms with Crippen LogP contribution in [0.4, 0.5) is 5.13 Å². The first-order chi connectivity index (χ1) is 11.1. The molecule has 1 amide bonds. The fraction of sp³-hybridized carbons (Fsp3) is 0. The molecular weight excluding hydrogens is 359 g/mol. The van der Waals surface area contributed by atoms with Gasteiger partial charge in [-0.1, -0.05) is 11.6 Å². The van der Waals surface area contributed by atoms with Gasteiger partial charge in [0.2, 0.25) is 11.2 Å². The summed E-state index contributed by atoms with van der Waals surface area (Å²) in [6.45, 7) is 0. The number of rotatable bonds is 4. The smallest absolute Gasteiger partial charge is 0.276 e. The maximum atomic E-state index is 12.1. The summed E-state index contributed by atoms with van der Waals surface area (Å²) in [4.78, 5) is 23.9. The van der Waals surface area contributed by atoms with Gasteiger partial charge in [-0.05, 0) is 35.9 Å². The van der Waals surface area contributed by atoms with Gasteiger partial charge in [0.15, 0.2) is 5.13 Å². The minimum Gasteiger partial charge on any atom is -0.439 e. The maximum Gasteiger partial charge on any atom is 0.276 e. The van der Waals surface area contributed by atoms with Gasteiger partial charge in [0.1, 0.15) is 11.4 Å². The Balaban J connectivity index is 1.81. The highest BCUT2D eigenvalue weighted by Gasteiger charge is 2.13. The molecule has 0 aliphatic heterocycles. The molecule has 0 aliphatic rings. The van der Waals surface area contributed by atoms with Gasteiger partial charge in [0, 0.05) is 22.7 Å². The number of anilines is 1. The topological polar surface area (TPSA) is 77.0 Å². The predicted molar refractivity (Wildman–Crippen MR) is 88.6 cm³/mol. The molecule has 1 N–H and O–H groups in total. The Morgan fingerprint density at radius 1 is 1.17 bits per heavy atom. The van der Waals surface area contributed by atoms with E-state index in [1.165, 1.54) is 17.4 Å². The van der Waals surface area contributed by atoms with Gasteiger partial charge >= 0.3 is 0 Å². The summed E-state index contributed by atoms with van der Waals surface area (Å²) in [5, 5.41) is 5.31. The predicted octanol–water partition coefficient (Wildman–Crippen LogP) is 4.28. The van der Waals surface area contributed by atoms with E-state index in [2.05, 4.69) is 20.3 Å². The molecule has 2 heterocycles. The second-order valence-corrected chi connectivity index (χ2v) is 5.88. The summed E-state index contributed by atoms with van der Waals surface area (Å²) in [7, 11) is 0. The van der Waals surface area contributed by atoms with Crippen LogP contribution in [0.3, 0.4) is 0 Å². The quantitative estimate of drug-likeness (QED) is 0.697. The van der Waals surface area contributed by atoms with Crippen LogP contribution in [-0.4, -0.2) is 20.9 Å². The lowest BCUT2D eigenvalue weighted by Gasteiger charge is -2.07. The van der Waals surface area contributed by atoms with Crippen LogP contribution in [0.1, 0.15) is 10.5 Å². The van der Waals surface area contributed by atoms with Gasteiger partial charge in [-0.2, -0.15) is 4.98 Å². The highest BCUT2D eigenvalue weighted by Crippen LogP contribution is 2.23. The molecule has 3 aromatic rings. The van der Waals surface area contributed by atoms with E-state index in [9.17, 15) is 4.79 Å². The molecule has 9 heteroatoms. The highest BCUT2D eigenvalue weighted by atomic mass is 35.5. The van der Waals surface area contributed by atoms with Crippen molar-refractivity contribution in [3.05, 3.63) is 57.9 Å². The third-order valence-corrected chi connectivity index (χ3v) is 3.71. The van der Waals surface area contributed by atoms with E-state index in [1.807, 2.05) is 0 Å². The second kappa shape index (κ2) is 6.91. The van der Waals surface area contributed by atoms with Crippen LogP contribution >= 0.6 is 34.5 Å². The van der Waals surface area contributed by atoms with Crippen molar-refractivity contribution in [1.82, 2.24) is 15.0 Å². The van der Waals surface area contributed by atoms with E-state index in [0.29, 0.717) is 15.9 Å². The number of ether oxygens (including phenoxy) is 1. The van der Waals surface area contributed by atoms with Gasteiger partial charge in [-0.25, -0.2) is 9.97 Å². The van der Waals surface area contributed by atoms with Crippen LogP contribution in [0.5, 0.6) is 11.6 Å². The molecule has 2 aromatic heterocycles. The Kier molecular flexibility index (Phi) is 4.71. The third-order valence-electron chi connectivity index (χ3n) is 2.60. The van der Waals surface area contributed by atoms with Crippen molar-refractivity contribution >= 4 is 45.6 Å². The zero-order valence-electron chi connectivity index (χ0n) is 11.4. The summed E-state index contributed by atoms with van der Waals surface area (Å²) in [6.07, 6.45) is 1.59. The van der Waals surface area contributed by atoms with Crippen molar-refractivity contribution in [1.29, 1.82) is 0 Å². The number of carbonyl (C=O) groups is 1. The van der Waals surface area contributed by atoms with Crippen molar-refractivity contribution in [3.63, 3.8) is 0 Å². The van der Waals surface area contributed by atoms with Gasteiger partial charge in [-0.3, -0.25) is 10.1 Å². The monoisotopic (exact) mass is 366 g/mol. The van der Waals surface area contributed by atoms with Crippen LogP contribution in [0.15, 0.2) is 41.9 Å². The Morgan fingerprint density at radius 3 is 2.65 bits per heavy atom. The minimum absolute atomic E-state index is 0.0733. The molecule has 3 rings (SSSR count). The molecule has 6 nitrogen and oxygen atoms in total. The number of amides is 1. The summed E-state index contributed by atoms with van der Waals surface area (Å²) < 4.78 is 5.55. The summed E-state index contributed by atoms with van der Waals surface area (Å²) in [5.41, 5.74) is 0.0733.